The Labute approximate surface area is 86.8 Å². The van der Waals surface area contributed by atoms with Crippen molar-refractivity contribution in [3.05, 3.63) is 0 Å². The molecule has 0 aliphatic carbocycles. The van der Waals surface area contributed by atoms with Crippen LogP contribution in [0.15, 0.2) is 0 Å². The Bertz CT molecular complexity index is 245. The van der Waals surface area contributed by atoms with Gasteiger partial charge >= 0.3 is 5.97 Å². The highest BCUT2D eigenvalue weighted by molar-refractivity contribution is 6.15. The molecule has 0 aromatic heterocycles. The van der Waals surface area contributed by atoms with Crippen LogP contribution in [0, 0.1) is 5.92 Å². The Morgan fingerprint density at radius 1 is 1.20 bits per heavy atom. The quantitative estimate of drug-likeness (QED) is 0.423. The Hall–Kier alpha value is -1.27. The van der Waals surface area contributed by atoms with Crippen molar-refractivity contribution in [3.63, 3.8) is 0 Å². The summed E-state index contributed by atoms with van der Waals surface area (Å²) < 4.78 is 4.49. The van der Waals surface area contributed by atoms with E-state index < -0.39 is 42.8 Å². The molecule has 86 valence electrons. The second-order valence-corrected chi connectivity index (χ2v) is 3.12. The van der Waals surface area contributed by atoms with E-state index in [-0.39, 0.29) is 0 Å². The van der Waals surface area contributed by atoms with Gasteiger partial charge in [-0.2, -0.15) is 0 Å². The van der Waals surface area contributed by atoms with E-state index in [9.17, 15) is 14.4 Å². The summed E-state index contributed by atoms with van der Waals surface area (Å²) in [6.45, 7) is 1.22. The lowest BCUT2D eigenvalue weighted by Gasteiger charge is -2.12. The smallest absolute Gasteiger partial charge is 0.324 e. The molecule has 0 aromatic rings. The lowest BCUT2D eigenvalue weighted by molar-refractivity contribution is -0.157. The summed E-state index contributed by atoms with van der Waals surface area (Å²) in [6, 6.07) is 0. The van der Waals surface area contributed by atoms with Crippen LogP contribution in [0.3, 0.4) is 0 Å². The van der Waals surface area contributed by atoms with Gasteiger partial charge in [0, 0.05) is 0 Å². The maximum absolute atomic E-state index is 11.2. The largest absolute Gasteiger partial charge is 0.462 e. The number of aliphatic hydroxyl groups excluding tert-OH is 2. The third-order valence-corrected chi connectivity index (χ3v) is 1.68. The van der Waals surface area contributed by atoms with Gasteiger partial charge in [-0.3, -0.25) is 14.4 Å². The zero-order chi connectivity index (χ0) is 12.0. The summed E-state index contributed by atoms with van der Waals surface area (Å²) >= 11 is 0. The summed E-state index contributed by atoms with van der Waals surface area (Å²) in [6.07, 6.45) is -1.20. The van der Waals surface area contributed by atoms with Crippen LogP contribution in [0.25, 0.3) is 0 Å². The summed E-state index contributed by atoms with van der Waals surface area (Å²) in [5.41, 5.74) is 0. The van der Waals surface area contributed by atoms with Crippen molar-refractivity contribution >= 4 is 17.5 Å². The third kappa shape index (κ3) is 4.66. The van der Waals surface area contributed by atoms with Gasteiger partial charge in [-0.1, -0.05) is 0 Å². The number of rotatable bonds is 6. The van der Waals surface area contributed by atoms with Gasteiger partial charge in [-0.05, 0) is 13.8 Å². The number of ketones is 2. The Kier molecular flexibility index (Phi) is 5.73. The third-order valence-electron chi connectivity index (χ3n) is 1.68. The molecule has 2 N–H and O–H groups in total. The van der Waals surface area contributed by atoms with Crippen LogP contribution in [-0.4, -0.2) is 47.1 Å². The lowest BCUT2D eigenvalue weighted by Crippen LogP contribution is -2.33. The van der Waals surface area contributed by atoms with Gasteiger partial charge in [0.2, 0.25) is 0 Å². The first kappa shape index (κ1) is 13.7. The van der Waals surface area contributed by atoms with Gasteiger partial charge in [-0.15, -0.1) is 0 Å². The average molecular weight is 218 g/mol. The molecule has 1 unspecified atom stereocenters. The number of hydrogen-bond donors (Lipinski definition) is 2. The summed E-state index contributed by atoms with van der Waals surface area (Å²) in [7, 11) is 0. The van der Waals surface area contributed by atoms with E-state index in [4.69, 9.17) is 10.2 Å². The summed E-state index contributed by atoms with van der Waals surface area (Å²) in [5.74, 6) is -3.64. The van der Waals surface area contributed by atoms with Crippen LogP contribution in [0.4, 0.5) is 0 Å². The zero-order valence-electron chi connectivity index (χ0n) is 8.60. The molecule has 0 fully saturated rings. The molecule has 0 aliphatic heterocycles. The number of hydrogen-bond acceptors (Lipinski definition) is 6. The maximum Gasteiger partial charge on any atom is 0.324 e. The van der Waals surface area contributed by atoms with Gasteiger partial charge in [-0.25, -0.2) is 0 Å². The van der Waals surface area contributed by atoms with Gasteiger partial charge in [0.05, 0.1) is 6.61 Å². The average Bonchev–Trinajstić information content (AvgIpc) is 2.12. The summed E-state index contributed by atoms with van der Waals surface area (Å²) in [5, 5.41) is 17.3. The van der Waals surface area contributed by atoms with E-state index in [1.54, 1.807) is 0 Å². The fourth-order valence-corrected chi connectivity index (χ4v) is 0.933. The highest BCUT2D eigenvalue weighted by Gasteiger charge is 2.29. The second-order valence-electron chi connectivity index (χ2n) is 3.12. The highest BCUT2D eigenvalue weighted by Crippen LogP contribution is 2.04. The Balaban J connectivity index is 4.28. The molecular formula is C9H14O6. The maximum atomic E-state index is 11.2. The zero-order valence-corrected chi connectivity index (χ0v) is 8.60. The summed E-state index contributed by atoms with van der Waals surface area (Å²) in [4.78, 5) is 33.0. The fourth-order valence-electron chi connectivity index (χ4n) is 0.933. The Morgan fingerprint density at radius 3 is 2.00 bits per heavy atom. The van der Waals surface area contributed by atoms with E-state index in [1.165, 1.54) is 0 Å². The molecule has 0 spiro atoms. The number of carbonyl (C=O) groups is 3. The standard InChI is InChI=1S/C9H14O6/c1-5(11)8(6(2)12)9(14)15-4-7(13)3-10/h7-8,10,13H,3-4H2,1-2H3. The van der Waals surface area contributed by atoms with Crippen molar-refractivity contribution in [2.45, 2.75) is 20.0 Å². The molecule has 0 radical (unpaired) electrons. The predicted octanol–water partition coefficient (Wildman–Crippen LogP) is -1.32. The number of esters is 1. The molecule has 1 atom stereocenters. The van der Waals surface area contributed by atoms with Crippen LogP contribution >= 0.6 is 0 Å². The molecule has 15 heavy (non-hydrogen) atoms. The number of Topliss-reactive ketones (excluding diaryl/α,β-unsaturated/α-hetero) is 2. The van der Waals surface area contributed by atoms with Crippen LogP contribution in [-0.2, 0) is 19.1 Å². The topological polar surface area (TPSA) is 101 Å². The van der Waals surface area contributed by atoms with Crippen molar-refractivity contribution in [1.82, 2.24) is 0 Å². The van der Waals surface area contributed by atoms with Gasteiger partial charge in [0.25, 0.3) is 0 Å². The minimum absolute atomic E-state index is 0.438. The van der Waals surface area contributed by atoms with Gasteiger partial charge in [0.1, 0.15) is 12.7 Å². The molecule has 0 amide bonds. The van der Waals surface area contributed by atoms with Crippen LogP contribution in [0.5, 0.6) is 0 Å². The highest BCUT2D eigenvalue weighted by atomic mass is 16.5. The van der Waals surface area contributed by atoms with E-state index in [1.807, 2.05) is 0 Å². The van der Waals surface area contributed by atoms with Crippen molar-refractivity contribution in [3.8, 4) is 0 Å². The molecule has 0 rings (SSSR count). The second kappa shape index (κ2) is 6.26. The first-order valence-electron chi connectivity index (χ1n) is 4.36. The molecule has 0 aromatic carbocycles. The number of ether oxygens (including phenoxy) is 1. The molecule has 0 aliphatic rings. The van der Waals surface area contributed by atoms with Crippen LogP contribution < -0.4 is 0 Å². The number of aliphatic hydroxyl groups is 2. The van der Waals surface area contributed by atoms with Gasteiger partial charge < -0.3 is 14.9 Å². The molecule has 0 bridgehead atoms. The van der Waals surface area contributed by atoms with E-state index in [2.05, 4.69) is 4.74 Å². The van der Waals surface area contributed by atoms with E-state index >= 15 is 0 Å². The van der Waals surface area contributed by atoms with Crippen molar-refractivity contribution < 1.29 is 29.3 Å². The first-order chi connectivity index (χ1) is 6.90. The molecule has 6 heteroatoms. The minimum Gasteiger partial charge on any atom is -0.462 e. The van der Waals surface area contributed by atoms with Crippen LogP contribution in [0.2, 0.25) is 0 Å². The van der Waals surface area contributed by atoms with E-state index in [0.29, 0.717) is 0 Å². The van der Waals surface area contributed by atoms with Gasteiger partial charge in [0.15, 0.2) is 17.5 Å². The van der Waals surface area contributed by atoms with Crippen molar-refractivity contribution in [2.75, 3.05) is 13.2 Å². The van der Waals surface area contributed by atoms with Crippen molar-refractivity contribution in [1.29, 1.82) is 0 Å². The molecular weight excluding hydrogens is 204 g/mol. The SMILES string of the molecule is CC(=O)C(C(C)=O)C(=O)OCC(O)CO. The fraction of sp³-hybridized carbons (Fsp3) is 0.667. The molecule has 0 saturated heterocycles. The minimum atomic E-state index is -1.43. The first-order valence-corrected chi connectivity index (χ1v) is 4.36. The van der Waals surface area contributed by atoms with Crippen LogP contribution in [0.1, 0.15) is 13.8 Å². The molecule has 6 nitrogen and oxygen atoms in total. The van der Waals surface area contributed by atoms with Crippen molar-refractivity contribution in [2.24, 2.45) is 5.92 Å². The molecule has 0 heterocycles. The number of carbonyl (C=O) groups excluding carboxylic acids is 3. The molecule has 0 saturated carbocycles. The monoisotopic (exact) mass is 218 g/mol. The normalized spacial score (nSPS) is 12.3. The van der Waals surface area contributed by atoms with E-state index in [0.717, 1.165) is 13.8 Å². The lowest BCUT2D eigenvalue weighted by atomic mass is 10.0. The Morgan fingerprint density at radius 2 is 1.67 bits per heavy atom. The predicted molar refractivity (Wildman–Crippen MR) is 48.9 cm³/mol.